The summed E-state index contributed by atoms with van der Waals surface area (Å²) in [5, 5.41) is 10.3. The molecular formula is C22H21N3O3S2. The van der Waals surface area contributed by atoms with Gasteiger partial charge in [0.2, 0.25) is 0 Å². The molecule has 0 bridgehead atoms. The number of nitrogens with zero attached hydrogens (tertiary/aromatic N) is 2. The van der Waals surface area contributed by atoms with Gasteiger partial charge in [0.25, 0.3) is 0 Å². The number of thiophene rings is 1. The monoisotopic (exact) mass is 439 g/mol. The molecule has 3 rings (SSSR count). The SMILES string of the molecule is CCOc1cc(C=NN=C(N)SCc2ccccc2)ccc1OC(=O)c1cccs1. The van der Waals surface area contributed by atoms with Crippen LogP contribution in [0.2, 0.25) is 0 Å². The predicted molar refractivity (Wildman–Crippen MR) is 124 cm³/mol. The second-order valence-electron chi connectivity index (χ2n) is 5.96. The number of amidine groups is 1. The van der Waals surface area contributed by atoms with Crippen LogP contribution in [0.4, 0.5) is 0 Å². The van der Waals surface area contributed by atoms with Crippen molar-refractivity contribution in [1.82, 2.24) is 0 Å². The Bertz CT molecular complexity index is 1020. The standard InChI is InChI=1S/C22H21N3O3S2/c1-2-27-19-13-17(10-11-18(19)28-21(26)20-9-6-12-29-20)14-24-25-22(23)30-15-16-7-4-3-5-8-16/h3-14H,2,15H2,1H3,(H2,23,25). The summed E-state index contributed by atoms with van der Waals surface area (Å²) in [6.45, 7) is 2.30. The van der Waals surface area contributed by atoms with Crippen LogP contribution in [0.3, 0.4) is 0 Å². The van der Waals surface area contributed by atoms with Crippen molar-refractivity contribution in [2.75, 3.05) is 6.61 Å². The van der Waals surface area contributed by atoms with E-state index in [1.807, 2.05) is 42.6 Å². The van der Waals surface area contributed by atoms with Crippen molar-refractivity contribution in [3.8, 4) is 11.5 Å². The lowest BCUT2D eigenvalue weighted by Crippen LogP contribution is -2.08. The number of esters is 1. The first-order chi connectivity index (χ1) is 14.7. The molecule has 0 unspecified atom stereocenters. The minimum Gasteiger partial charge on any atom is -0.490 e. The number of carbonyl (C=O) groups excluding carboxylic acids is 1. The van der Waals surface area contributed by atoms with Gasteiger partial charge in [0.1, 0.15) is 4.88 Å². The van der Waals surface area contributed by atoms with Crippen molar-refractivity contribution >= 4 is 40.5 Å². The Morgan fingerprint density at radius 1 is 1.13 bits per heavy atom. The molecule has 0 saturated heterocycles. The summed E-state index contributed by atoms with van der Waals surface area (Å²) >= 11 is 2.74. The Hall–Kier alpha value is -3.10. The Balaban J connectivity index is 1.63. The van der Waals surface area contributed by atoms with Gasteiger partial charge < -0.3 is 15.2 Å². The number of carbonyl (C=O) groups is 1. The molecule has 30 heavy (non-hydrogen) atoms. The van der Waals surface area contributed by atoms with E-state index in [1.54, 1.807) is 36.5 Å². The minimum atomic E-state index is -0.416. The number of rotatable bonds is 8. The number of thioether (sulfide) groups is 1. The van der Waals surface area contributed by atoms with E-state index in [0.717, 1.165) is 11.3 Å². The summed E-state index contributed by atoms with van der Waals surface area (Å²) in [4.78, 5) is 12.7. The molecule has 0 saturated carbocycles. The highest BCUT2D eigenvalue weighted by molar-refractivity contribution is 8.13. The van der Waals surface area contributed by atoms with Gasteiger partial charge in [-0.2, -0.15) is 5.10 Å². The molecule has 0 aliphatic carbocycles. The van der Waals surface area contributed by atoms with Crippen LogP contribution in [0.5, 0.6) is 11.5 Å². The van der Waals surface area contributed by atoms with Gasteiger partial charge in [0.15, 0.2) is 16.7 Å². The van der Waals surface area contributed by atoms with Crippen LogP contribution in [-0.2, 0) is 5.75 Å². The fourth-order valence-electron chi connectivity index (χ4n) is 2.42. The maximum Gasteiger partial charge on any atom is 0.353 e. The fourth-order valence-corrected chi connectivity index (χ4v) is 3.63. The molecule has 0 fully saturated rings. The summed E-state index contributed by atoms with van der Waals surface area (Å²) in [5.74, 6) is 1.13. The van der Waals surface area contributed by atoms with Crippen LogP contribution in [0.25, 0.3) is 0 Å². The summed E-state index contributed by atoms with van der Waals surface area (Å²) in [6, 6.07) is 18.7. The van der Waals surface area contributed by atoms with Crippen LogP contribution in [0.15, 0.2) is 76.2 Å². The van der Waals surface area contributed by atoms with Gasteiger partial charge >= 0.3 is 5.97 Å². The molecule has 0 spiro atoms. The van der Waals surface area contributed by atoms with Crippen molar-refractivity contribution in [2.45, 2.75) is 12.7 Å². The van der Waals surface area contributed by atoms with E-state index in [9.17, 15) is 4.79 Å². The number of ether oxygens (including phenoxy) is 2. The number of hydrogen-bond acceptors (Lipinski definition) is 7. The minimum absolute atomic E-state index is 0.355. The first-order valence-electron chi connectivity index (χ1n) is 9.21. The third kappa shape index (κ3) is 6.47. The summed E-state index contributed by atoms with van der Waals surface area (Å²) in [7, 11) is 0. The van der Waals surface area contributed by atoms with E-state index >= 15 is 0 Å². The van der Waals surface area contributed by atoms with Gasteiger partial charge in [0.05, 0.1) is 12.8 Å². The molecule has 1 heterocycles. The van der Waals surface area contributed by atoms with Crippen LogP contribution in [0, 0.1) is 0 Å². The van der Waals surface area contributed by atoms with Crippen LogP contribution in [-0.4, -0.2) is 24.0 Å². The Kier molecular flexibility index (Phi) is 8.05. The summed E-state index contributed by atoms with van der Waals surface area (Å²) in [6.07, 6.45) is 1.57. The van der Waals surface area contributed by atoms with Gasteiger partial charge in [0, 0.05) is 5.75 Å². The maximum absolute atomic E-state index is 12.2. The van der Waals surface area contributed by atoms with Gasteiger partial charge in [-0.15, -0.1) is 16.4 Å². The molecule has 2 aromatic carbocycles. The third-order valence-electron chi connectivity index (χ3n) is 3.79. The largest absolute Gasteiger partial charge is 0.490 e. The second-order valence-corrected chi connectivity index (χ2v) is 7.91. The summed E-state index contributed by atoms with van der Waals surface area (Å²) in [5.41, 5.74) is 7.82. The molecule has 2 N–H and O–H groups in total. The molecule has 0 amide bonds. The van der Waals surface area contributed by atoms with Gasteiger partial charge in [-0.25, -0.2) is 4.79 Å². The number of hydrogen-bond donors (Lipinski definition) is 1. The molecule has 3 aromatic rings. The zero-order valence-corrected chi connectivity index (χ0v) is 18.0. The molecule has 0 aliphatic heterocycles. The lowest BCUT2D eigenvalue weighted by atomic mass is 10.2. The predicted octanol–water partition coefficient (Wildman–Crippen LogP) is 4.95. The highest BCUT2D eigenvalue weighted by Crippen LogP contribution is 2.29. The Morgan fingerprint density at radius 2 is 1.97 bits per heavy atom. The van der Waals surface area contributed by atoms with Crippen molar-refractivity contribution in [1.29, 1.82) is 0 Å². The number of benzene rings is 2. The van der Waals surface area contributed by atoms with E-state index in [2.05, 4.69) is 10.2 Å². The average molecular weight is 440 g/mol. The molecule has 0 atom stereocenters. The Morgan fingerprint density at radius 3 is 2.70 bits per heavy atom. The molecule has 154 valence electrons. The normalized spacial score (nSPS) is 11.6. The zero-order chi connectivity index (χ0) is 21.2. The van der Waals surface area contributed by atoms with Gasteiger partial charge in [-0.05, 0) is 47.7 Å². The molecule has 6 nitrogen and oxygen atoms in total. The first-order valence-corrected chi connectivity index (χ1v) is 11.1. The van der Waals surface area contributed by atoms with Crippen molar-refractivity contribution in [3.05, 3.63) is 82.0 Å². The maximum atomic E-state index is 12.2. The van der Waals surface area contributed by atoms with E-state index < -0.39 is 5.97 Å². The fraction of sp³-hybridized carbons (Fsp3) is 0.136. The summed E-state index contributed by atoms with van der Waals surface area (Å²) < 4.78 is 11.1. The molecule has 8 heteroatoms. The third-order valence-corrected chi connectivity index (χ3v) is 5.49. The highest BCUT2D eigenvalue weighted by Gasteiger charge is 2.13. The van der Waals surface area contributed by atoms with E-state index in [4.69, 9.17) is 15.2 Å². The lowest BCUT2D eigenvalue weighted by Gasteiger charge is -2.10. The van der Waals surface area contributed by atoms with Crippen molar-refractivity contribution in [2.24, 2.45) is 15.9 Å². The highest BCUT2D eigenvalue weighted by atomic mass is 32.2. The second kappa shape index (κ2) is 11.2. The van der Waals surface area contributed by atoms with E-state index in [-0.39, 0.29) is 0 Å². The lowest BCUT2D eigenvalue weighted by molar-refractivity contribution is 0.0733. The van der Waals surface area contributed by atoms with Crippen LogP contribution < -0.4 is 15.2 Å². The van der Waals surface area contributed by atoms with Gasteiger partial charge in [-0.1, -0.05) is 48.2 Å². The van der Waals surface area contributed by atoms with Crippen LogP contribution in [0.1, 0.15) is 27.7 Å². The van der Waals surface area contributed by atoms with Crippen LogP contribution >= 0.6 is 23.1 Å². The topological polar surface area (TPSA) is 86.3 Å². The zero-order valence-electron chi connectivity index (χ0n) is 16.4. The van der Waals surface area contributed by atoms with E-state index in [0.29, 0.717) is 28.2 Å². The average Bonchev–Trinajstić information content (AvgIpc) is 3.30. The van der Waals surface area contributed by atoms with Gasteiger partial charge in [-0.3, -0.25) is 0 Å². The first kappa shape index (κ1) is 21.6. The number of nitrogens with two attached hydrogens (primary N) is 1. The van der Waals surface area contributed by atoms with E-state index in [1.165, 1.54) is 28.7 Å². The smallest absolute Gasteiger partial charge is 0.353 e. The molecular weight excluding hydrogens is 418 g/mol. The van der Waals surface area contributed by atoms with Crippen molar-refractivity contribution < 1.29 is 14.3 Å². The molecule has 0 aliphatic rings. The quantitative estimate of drug-likeness (QED) is 0.176. The molecule has 0 radical (unpaired) electrons. The molecule has 1 aromatic heterocycles. The van der Waals surface area contributed by atoms with Crippen molar-refractivity contribution in [3.63, 3.8) is 0 Å². The Labute approximate surface area is 183 Å².